The maximum Gasteiger partial charge on any atom is 0.0956 e. The summed E-state index contributed by atoms with van der Waals surface area (Å²) in [4.78, 5) is 2.24. The van der Waals surface area contributed by atoms with Gasteiger partial charge in [-0.15, -0.1) is 0 Å². The summed E-state index contributed by atoms with van der Waals surface area (Å²) in [6, 6.07) is 10.6. The van der Waals surface area contributed by atoms with Gasteiger partial charge >= 0.3 is 0 Å². The van der Waals surface area contributed by atoms with Gasteiger partial charge in [-0.25, -0.2) is 0 Å². The summed E-state index contributed by atoms with van der Waals surface area (Å²) in [5, 5.41) is 10.3. The lowest BCUT2D eigenvalue weighted by Crippen LogP contribution is -2.50. The molecule has 1 aliphatic carbocycles. The van der Waals surface area contributed by atoms with Crippen molar-refractivity contribution in [3.8, 4) is 0 Å². The predicted octanol–water partition coefficient (Wildman–Crippen LogP) is 2.05. The van der Waals surface area contributed by atoms with Gasteiger partial charge in [0.1, 0.15) is 0 Å². The zero-order chi connectivity index (χ0) is 13.0. The van der Waals surface area contributed by atoms with E-state index in [4.69, 9.17) is 4.74 Å². The van der Waals surface area contributed by atoms with Crippen LogP contribution in [-0.2, 0) is 11.3 Å². The van der Waals surface area contributed by atoms with Crippen LogP contribution in [0.5, 0.6) is 0 Å². The lowest BCUT2D eigenvalue weighted by Gasteiger charge is -2.39. The van der Waals surface area contributed by atoms with Crippen molar-refractivity contribution in [2.45, 2.75) is 44.1 Å². The summed E-state index contributed by atoms with van der Waals surface area (Å²) < 4.78 is 5.36. The molecule has 0 heterocycles. The van der Waals surface area contributed by atoms with Gasteiger partial charge in [-0.2, -0.15) is 0 Å². The first-order chi connectivity index (χ1) is 8.72. The first-order valence-corrected chi connectivity index (χ1v) is 6.67. The number of benzene rings is 1. The molecule has 1 aromatic rings. The number of methoxy groups -OCH3 is 1. The van der Waals surface area contributed by atoms with Gasteiger partial charge in [0.05, 0.1) is 12.2 Å². The number of ether oxygens (including phenoxy) is 1. The molecular formula is C15H23NO2. The van der Waals surface area contributed by atoms with Gasteiger partial charge in [0, 0.05) is 19.7 Å². The Labute approximate surface area is 109 Å². The molecule has 2 rings (SSSR count). The summed E-state index contributed by atoms with van der Waals surface area (Å²) in [5.74, 6) is 0. The van der Waals surface area contributed by atoms with E-state index in [0.29, 0.717) is 0 Å². The lowest BCUT2D eigenvalue weighted by molar-refractivity contribution is -0.0785. The lowest BCUT2D eigenvalue weighted by atomic mass is 9.89. The molecular weight excluding hydrogens is 226 g/mol. The fourth-order valence-electron chi connectivity index (χ4n) is 2.84. The third-order valence-electron chi connectivity index (χ3n) is 3.91. The molecule has 3 heteroatoms. The van der Waals surface area contributed by atoms with Gasteiger partial charge in [-0.3, -0.25) is 4.90 Å². The van der Waals surface area contributed by atoms with Crippen LogP contribution in [0.4, 0.5) is 0 Å². The highest BCUT2D eigenvalue weighted by Gasteiger charge is 2.34. The van der Waals surface area contributed by atoms with Crippen LogP contribution < -0.4 is 0 Å². The molecule has 1 N–H and O–H groups in total. The minimum absolute atomic E-state index is 0.0121. The van der Waals surface area contributed by atoms with E-state index in [9.17, 15) is 5.11 Å². The first kappa shape index (κ1) is 13.5. The van der Waals surface area contributed by atoms with Crippen molar-refractivity contribution in [2.24, 2.45) is 0 Å². The van der Waals surface area contributed by atoms with Crippen molar-refractivity contribution < 1.29 is 9.84 Å². The molecule has 1 aliphatic rings. The second-order valence-corrected chi connectivity index (χ2v) is 5.16. The van der Waals surface area contributed by atoms with E-state index in [1.807, 2.05) is 6.07 Å². The third-order valence-corrected chi connectivity index (χ3v) is 3.91. The number of hydrogen-bond donors (Lipinski definition) is 1. The summed E-state index contributed by atoms with van der Waals surface area (Å²) in [5.41, 5.74) is 1.28. The smallest absolute Gasteiger partial charge is 0.0956 e. The quantitative estimate of drug-likeness (QED) is 0.886. The Kier molecular flexibility index (Phi) is 4.75. The molecule has 0 aliphatic heterocycles. The van der Waals surface area contributed by atoms with Gasteiger partial charge in [0.2, 0.25) is 0 Å². The molecule has 0 saturated heterocycles. The molecule has 3 atom stereocenters. The number of aliphatic hydroxyl groups is 1. The topological polar surface area (TPSA) is 32.7 Å². The van der Waals surface area contributed by atoms with Crippen LogP contribution in [0.15, 0.2) is 30.3 Å². The molecule has 0 amide bonds. The van der Waals surface area contributed by atoms with Gasteiger partial charge < -0.3 is 9.84 Å². The van der Waals surface area contributed by atoms with E-state index in [0.717, 1.165) is 25.8 Å². The van der Waals surface area contributed by atoms with Crippen LogP contribution >= 0.6 is 0 Å². The molecule has 0 unspecified atom stereocenters. The number of likely N-dealkylation sites (N-methyl/N-ethyl adjacent to an activating group) is 1. The molecule has 1 saturated carbocycles. The van der Waals surface area contributed by atoms with E-state index in [1.54, 1.807) is 7.11 Å². The molecule has 0 radical (unpaired) electrons. The van der Waals surface area contributed by atoms with E-state index >= 15 is 0 Å². The molecule has 1 fully saturated rings. The highest BCUT2D eigenvalue weighted by molar-refractivity contribution is 5.14. The molecule has 100 valence electrons. The van der Waals surface area contributed by atoms with Crippen molar-refractivity contribution in [3.05, 3.63) is 35.9 Å². The molecule has 0 aromatic heterocycles. The van der Waals surface area contributed by atoms with Crippen molar-refractivity contribution in [3.63, 3.8) is 0 Å². The van der Waals surface area contributed by atoms with Gasteiger partial charge in [0.25, 0.3) is 0 Å². The third kappa shape index (κ3) is 3.10. The van der Waals surface area contributed by atoms with Crippen LogP contribution in [0.3, 0.4) is 0 Å². The summed E-state index contributed by atoms with van der Waals surface area (Å²) >= 11 is 0. The summed E-state index contributed by atoms with van der Waals surface area (Å²) in [7, 11) is 3.77. The Hall–Kier alpha value is -0.900. The second kappa shape index (κ2) is 6.32. The molecule has 0 spiro atoms. The first-order valence-electron chi connectivity index (χ1n) is 6.67. The van der Waals surface area contributed by atoms with E-state index in [1.165, 1.54) is 5.56 Å². The summed E-state index contributed by atoms with van der Waals surface area (Å²) in [6.07, 6.45) is 2.75. The number of nitrogens with zero attached hydrogens (tertiary/aromatic N) is 1. The van der Waals surface area contributed by atoms with Crippen LogP contribution in [0, 0.1) is 0 Å². The molecule has 1 aromatic carbocycles. The highest BCUT2D eigenvalue weighted by Crippen LogP contribution is 2.25. The van der Waals surface area contributed by atoms with E-state index in [2.05, 4.69) is 36.2 Å². The standard InChI is InChI=1S/C15H23NO2/c1-16(11-12-7-4-3-5-8-12)13-9-6-10-14(18-2)15(13)17/h3-5,7-8,13-15,17H,6,9-11H2,1-2H3/t13-,14+,15+/m1/s1. The fourth-order valence-corrected chi connectivity index (χ4v) is 2.84. The van der Waals surface area contributed by atoms with Crippen molar-refractivity contribution in [2.75, 3.05) is 14.2 Å². The Morgan fingerprint density at radius 1 is 1.28 bits per heavy atom. The summed E-state index contributed by atoms with van der Waals surface area (Å²) in [6.45, 7) is 0.874. The highest BCUT2D eigenvalue weighted by atomic mass is 16.5. The van der Waals surface area contributed by atoms with Gasteiger partial charge in [0.15, 0.2) is 0 Å². The SMILES string of the molecule is CO[C@H]1CCC[C@@H](N(C)Cc2ccccc2)[C@@H]1O. The van der Waals surface area contributed by atoms with E-state index < -0.39 is 0 Å². The molecule has 0 bridgehead atoms. The average molecular weight is 249 g/mol. The zero-order valence-electron chi connectivity index (χ0n) is 11.2. The van der Waals surface area contributed by atoms with E-state index in [-0.39, 0.29) is 18.2 Å². The Morgan fingerprint density at radius 3 is 2.67 bits per heavy atom. The van der Waals surface area contributed by atoms with Gasteiger partial charge in [-0.05, 0) is 31.9 Å². The Morgan fingerprint density at radius 2 is 2.00 bits per heavy atom. The maximum absolute atomic E-state index is 10.3. The fraction of sp³-hybridized carbons (Fsp3) is 0.600. The minimum atomic E-state index is -0.377. The minimum Gasteiger partial charge on any atom is -0.389 e. The van der Waals surface area contributed by atoms with Crippen molar-refractivity contribution >= 4 is 0 Å². The Balaban J connectivity index is 1.97. The van der Waals surface area contributed by atoms with Gasteiger partial charge in [-0.1, -0.05) is 30.3 Å². The normalized spacial score (nSPS) is 28.6. The monoisotopic (exact) mass is 249 g/mol. The number of aliphatic hydroxyl groups excluding tert-OH is 1. The second-order valence-electron chi connectivity index (χ2n) is 5.16. The molecule has 3 nitrogen and oxygen atoms in total. The Bertz CT molecular complexity index is 355. The zero-order valence-corrected chi connectivity index (χ0v) is 11.2. The van der Waals surface area contributed by atoms with Crippen molar-refractivity contribution in [1.29, 1.82) is 0 Å². The average Bonchev–Trinajstić information content (AvgIpc) is 2.40. The predicted molar refractivity (Wildman–Crippen MR) is 72.4 cm³/mol. The molecule has 18 heavy (non-hydrogen) atoms. The van der Waals surface area contributed by atoms with Crippen LogP contribution in [0.25, 0.3) is 0 Å². The van der Waals surface area contributed by atoms with Crippen molar-refractivity contribution in [1.82, 2.24) is 4.90 Å². The largest absolute Gasteiger partial charge is 0.389 e. The van der Waals surface area contributed by atoms with Crippen LogP contribution in [0.2, 0.25) is 0 Å². The van der Waals surface area contributed by atoms with Crippen LogP contribution in [0.1, 0.15) is 24.8 Å². The maximum atomic E-state index is 10.3. The number of rotatable bonds is 4. The number of hydrogen-bond acceptors (Lipinski definition) is 3. The van der Waals surface area contributed by atoms with Crippen LogP contribution in [-0.4, -0.2) is 42.4 Å².